The number of rotatable bonds is 10. The van der Waals surface area contributed by atoms with Crippen molar-refractivity contribution in [1.82, 2.24) is 4.98 Å². The maximum atomic E-state index is 14.8. The van der Waals surface area contributed by atoms with Crippen molar-refractivity contribution in [2.75, 3.05) is 14.2 Å². The Morgan fingerprint density at radius 3 is 2.11 bits per heavy atom. The topological polar surface area (TPSA) is 74.7 Å². The number of hydrogen-bond donors (Lipinski definition) is 0. The largest absolute Gasteiger partial charge is 0.493 e. The number of ether oxygens (including phenoxy) is 3. The molecule has 0 bridgehead atoms. The number of ketones is 2. The summed E-state index contributed by atoms with van der Waals surface area (Å²) in [5.41, 5.74) is 0.965. The van der Waals surface area contributed by atoms with Crippen LogP contribution in [0, 0.1) is 11.6 Å². The Bertz CT molecular complexity index is 1440. The van der Waals surface area contributed by atoms with Crippen LogP contribution < -0.4 is 14.2 Å². The van der Waals surface area contributed by atoms with E-state index in [0.717, 1.165) is 0 Å². The zero-order valence-electron chi connectivity index (χ0n) is 19.7. The Kier molecular flexibility index (Phi) is 7.53. The molecule has 0 amide bonds. The van der Waals surface area contributed by atoms with Crippen molar-refractivity contribution in [3.8, 4) is 23.0 Å². The van der Waals surface area contributed by atoms with Gasteiger partial charge in [-0.05, 0) is 35.4 Å². The van der Waals surface area contributed by atoms with E-state index in [4.69, 9.17) is 14.2 Å². The van der Waals surface area contributed by atoms with Crippen LogP contribution in [0.1, 0.15) is 17.5 Å². The summed E-state index contributed by atoms with van der Waals surface area (Å²) in [6, 6.07) is 15.1. The Balaban J connectivity index is 1.45. The second-order valence-corrected chi connectivity index (χ2v) is 8.09. The van der Waals surface area contributed by atoms with E-state index in [9.17, 15) is 18.4 Å². The molecule has 0 saturated carbocycles. The third-order valence-corrected chi connectivity index (χ3v) is 5.59. The molecule has 0 radical (unpaired) electrons. The number of benzene rings is 3. The molecule has 0 unspecified atom stereocenters. The van der Waals surface area contributed by atoms with Gasteiger partial charge >= 0.3 is 0 Å². The second-order valence-electron chi connectivity index (χ2n) is 8.09. The number of fused-ring (bicyclic) bond motifs is 1. The van der Waals surface area contributed by atoms with E-state index in [1.54, 1.807) is 36.5 Å². The minimum atomic E-state index is -0.639. The molecule has 0 aliphatic heterocycles. The van der Waals surface area contributed by atoms with Crippen LogP contribution in [0.4, 0.5) is 8.78 Å². The second kappa shape index (κ2) is 10.9. The molecule has 3 aromatic carbocycles. The van der Waals surface area contributed by atoms with Gasteiger partial charge in [-0.15, -0.1) is 0 Å². The molecule has 4 aromatic rings. The number of methoxy groups -OCH3 is 2. The maximum absolute atomic E-state index is 14.8. The number of nitrogens with zero attached hydrogens (tertiary/aromatic N) is 1. The quantitative estimate of drug-likeness (QED) is 0.268. The standard InChI is InChI=1S/C28H23F2NO5/c1-34-27-15-22-25(16-28(27)35-2)31-10-9-26(22)36-21-8-7-18(24(30)14-21)12-20(33)13-19(32)11-17-5-3-4-6-23(17)29/h3-10,14-16H,11-13H2,1-2H3. The van der Waals surface area contributed by atoms with Crippen molar-refractivity contribution in [2.24, 2.45) is 0 Å². The Morgan fingerprint density at radius 1 is 0.778 bits per heavy atom. The number of carbonyl (C=O) groups excluding carboxylic acids is 2. The molecule has 0 N–H and O–H groups in total. The first kappa shape index (κ1) is 24.8. The average molecular weight is 491 g/mol. The molecule has 0 spiro atoms. The third-order valence-electron chi connectivity index (χ3n) is 5.59. The van der Waals surface area contributed by atoms with Gasteiger partial charge in [0.1, 0.15) is 34.7 Å². The van der Waals surface area contributed by atoms with Gasteiger partial charge < -0.3 is 14.2 Å². The smallest absolute Gasteiger partial charge is 0.162 e. The van der Waals surface area contributed by atoms with Crippen molar-refractivity contribution in [3.63, 3.8) is 0 Å². The van der Waals surface area contributed by atoms with Gasteiger partial charge in [-0.3, -0.25) is 14.6 Å². The molecule has 0 saturated heterocycles. The van der Waals surface area contributed by atoms with Crippen LogP contribution >= 0.6 is 0 Å². The highest BCUT2D eigenvalue weighted by Crippen LogP contribution is 2.37. The Morgan fingerprint density at radius 2 is 1.44 bits per heavy atom. The number of aromatic nitrogens is 1. The molecule has 0 fully saturated rings. The molecular weight excluding hydrogens is 468 g/mol. The van der Waals surface area contributed by atoms with Gasteiger partial charge in [0.2, 0.25) is 0 Å². The van der Waals surface area contributed by atoms with Crippen molar-refractivity contribution < 1.29 is 32.6 Å². The van der Waals surface area contributed by atoms with Gasteiger partial charge in [-0.25, -0.2) is 8.78 Å². The van der Waals surface area contributed by atoms with Crippen molar-refractivity contribution >= 4 is 22.5 Å². The lowest BCUT2D eigenvalue weighted by Gasteiger charge is -2.13. The van der Waals surface area contributed by atoms with Crippen molar-refractivity contribution in [2.45, 2.75) is 19.3 Å². The first-order valence-electron chi connectivity index (χ1n) is 11.1. The maximum Gasteiger partial charge on any atom is 0.162 e. The molecule has 0 atom stereocenters. The predicted octanol–water partition coefficient (Wildman–Crippen LogP) is 5.64. The van der Waals surface area contributed by atoms with Gasteiger partial charge in [0.05, 0.1) is 26.2 Å². The SMILES string of the molecule is COc1cc2nccc(Oc3ccc(CC(=O)CC(=O)Cc4ccccc4F)c(F)c3)c2cc1OC. The van der Waals surface area contributed by atoms with Crippen LogP contribution in [-0.2, 0) is 22.4 Å². The molecule has 8 heteroatoms. The van der Waals surface area contributed by atoms with Crippen LogP contribution in [0.5, 0.6) is 23.0 Å². The van der Waals surface area contributed by atoms with Crippen LogP contribution in [0.25, 0.3) is 10.9 Å². The van der Waals surface area contributed by atoms with E-state index >= 15 is 0 Å². The summed E-state index contributed by atoms with van der Waals surface area (Å²) in [6.07, 6.45) is 0.708. The Labute approximate surface area is 206 Å². The fraction of sp³-hybridized carbons (Fsp3) is 0.179. The highest BCUT2D eigenvalue weighted by molar-refractivity contribution is 6.00. The molecule has 6 nitrogen and oxygen atoms in total. The van der Waals surface area contributed by atoms with Crippen LogP contribution in [0.3, 0.4) is 0 Å². The first-order chi connectivity index (χ1) is 17.4. The molecular formula is C28H23F2NO5. The van der Waals surface area contributed by atoms with Crippen molar-refractivity contribution in [1.29, 1.82) is 0 Å². The summed E-state index contributed by atoms with van der Waals surface area (Å²) < 4.78 is 45.0. The van der Waals surface area contributed by atoms with Crippen LogP contribution in [0.15, 0.2) is 66.9 Å². The lowest BCUT2D eigenvalue weighted by Crippen LogP contribution is -2.13. The fourth-order valence-corrected chi connectivity index (χ4v) is 3.81. The summed E-state index contributed by atoms with van der Waals surface area (Å²) in [7, 11) is 3.04. The minimum absolute atomic E-state index is 0.136. The van der Waals surface area contributed by atoms with E-state index in [2.05, 4.69) is 4.98 Å². The number of carbonyl (C=O) groups is 2. The average Bonchev–Trinajstić information content (AvgIpc) is 2.86. The molecule has 1 heterocycles. The lowest BCUT2D eigenvalue weighted by molar-refractivity contribution is -0.126. The van der Waals surface area contributed by atoms with Crippen LogP contribution in [0.2, 0.25) is 0 Å². The van der Waals surface area contributed by atoms with E-state index < -0.39 is 29.6 Å². The van der Waals surface area contributed by atoms with E-state index in [1.807, 2.05) is 0 Å². The summed E-state index contributed by atoms with van der Waals surface area (Å²) in [6.45, 7) is 0. The summed E-state index contributed by atoms with van der Waals surface area (Å²) >= 11 is 0. The third kappa shape index (κ3) is 5.66. The predicted molar refractivity (Wildman–Crippen MR) is 130 cm³/mol. The summed E-state index contributed by atoms with van der Waals surface area (Å²) in [5, 5.41) is 0.642. The molecule has 0 aliphatic rings. The van der Waals surface area contributed by atoms with Gasteiger partial charge in [0.15, 0.2) is 11.5 Å². The minimum Gasteiger partial charge on any atom is -0.493 e. The zero-order chi connectivity index (χ0) is 25.7. The number of halogens is 2. The molecule has 1 aromatic heterocycles. The van der Waals surface area contributed by atoms with Gasteiger partial charge in [-0.1, -0.05) is 24.3 Å². The Hall–Kier alpha value is -4.33. The molecule has 0 aliphatic carbocycles. The van der Waals surface area contributed by atoms with Gasteiger partial charge in [0, 0.05) is 36.6 Å². The molecule has 184 valence electrons. The van der Waals surface area contributed by atoms with E-state index in [-0.39, 0.29) is 29.7 Å². The monoisotopic (exact) mass is 491 g/mol. The van der Waals surface area contributed by atoms with Gasteiger partial charge in [0.25, 0.3) is 0 Å². The van der Waals surface area contributed by atoms with E-state index in [0.29, 0.717) is 28.2 Å². The normalized spacial score (nSPS) is 10.8. The zero-order valence-corrected chi connectivity index (χ0v) is 19.7. The highest BCUT2D eigenvalue weighted by atomic mass is 19.1. The van der Waals surface area contributed by atoms with Crippen LogP contribution in [-0.4, -0.2) is 30.8 Å². The molecule has 36 heavy (non-hydrogen) atoms. The highest BCUT2D eigenvalue weighted by Gasteiger charge is 2.16. The van der Waals surface area contributed by atoms with Crippen molar-refractivity contribution in [3.05, 3.63) is 89.6 Å². The molecule has 4 rings (SSSR count). The number of pyridine rings is 1. The fourth-order valence-electron chi connectivity index (χ4n) is 3.81. The summed E-state index contributed by atoms with van der Waals surface area (Å²) in [4.78, 5) is 28.8. The number of hydrogen-bond acceptors (Lipinski definition) is 6. The summed E-state index contributed by atoms with van der Waals surface area (Å²) in [5.74, 6) is -0.356. The van der Waals surface area contributed by atoms with E-state index in [1.165, 1.54) is 44.6 Å². The first-order valence-corrected chi connectivity index (χ1v) is 11.1. The number of Topliss-reactive ketones (excluding diaryl/α,β-unsaturated/α-hetero) is 2. The lowest BCUT2D eigenvalue weighted by atomic mass is 10.0. The van der Waals surface area contributed by atoms with Gasteiger partial charge in [-0.2, -0.15) is 0 Å².